The average molecular weight is 368 g/mol. The first-order valence-corrected chi connectivity index (χ1v) is 7.30. The van der Waals surface area contributed by atoms with E-state index in [4.69, 9.17) is 4.99 Å². The Balaban J connectivity index is 2.17. The molecule has 0 saturated heterocycles. The fraction of sp³-hybridized carbons (Fsp3) is 0.214. The quantitative estimate of drug-likeness (QED) is 0.597. The second-order valence-corrected chi connectivity index (χ2v) is 7.11. The van der Waals surface area contributed by atoms with E-state index in [1.807, 2.05) is 12.4 Å². The molecule has 0 spiro atoms. The Morgan fingerprint density at radius 2 is 1.89 bits per heavy atom. The maximum absolute atomic E-state index is 4.80. The summed E-state index contributed by atoms with van der Waals surface area (Å²) in [4.78, 5) is 4.80. The lowest BCUT2D eigenvalue weighted by Gasteiger charge is -2.33. The van der Waals surface area contributed by atoms with Crippen LogP contribution in [0.25, 0.3) is 6.08 Å². The van der Waals surface area contributed by atoms with Crippen LogP contribution >= 0.6 is 31.9 Å². The van der Waals surface area contributed by atoms with Gasteiger partial charge in [-0.25, -0.2) is 0 Å². The molecule has 0 aliphatic carbocycles. The first-order valence-electron chi connectivity index (χ1n) is 5.71. The molecule has 0 saturated carbocycles. The third-order valence-corrected chi connectivity index (χ3v) is 5.92. The van der Waals surface area contributed by atoms with Gasteiger partial charge in [0, 0.05) is 0 Å². The predicted octanol–water partition coefficient (Wildman–Crippen LogP) is 2.26. The number of hydrogen-bond donors (Lipinski definition) is 1. The highest BCUT2D eigenvalue weighted by atomic mass is 79.9. The Morgan fingerprint density at radius 1 is 1.17 bits per heavy atom. The van der Waals surface area contributed by atoms with Gasteiger partial charge in [0.1, 0.15) is 4.32 Å². The van der Waals surface area contributed by atoms with Crippen molar-refractivity contribution in [3.05, 3.63) is 58.9 Å². The fourth-order valence-electron chi connectivity index (χ4n) is 2.18. The summed E-state index contributed by atoms with van der Waals surface area (Å²) in [5.41, 5.74) is 1.25. The minimum atomic E-state index is -0.481. The first kappa shape index (κ1) is 12.2. The molecule has 2 heterocycles. The molecule has 3 rings (SSSR count). The van der Waals surface area contributed by atoms with Crippen molar-refractivity contribution in [3.63, 3.8) is 0 Å². The lowest BCUT2D eigenvalue weighted by atomic mass is 9.98. The SMILES string of the molecule is Cc1ccc2c(c1)=CC(Br)(C1(Br)C=CNC=C1)N=2. The van der Waals surface area contributed by atoms with E-state index in [1.165, 1.54) is 10.8 Å². The van der Waals surface area contributed by atoms with Crippen molar-refractivity contribution in [2.45, 2.75) is 15.7 Å². The van der Waals surface area contributed by atoms with Crippen LogP contribution in [0.4, 0.5) is 0 Å². The highest BCUT2D eigenvalue weighted by molar-refractivity contribution is 9.13. The van der Waals surface area contributed by atoms with Crippen LogP contribution in [0.5, 0.6) is 0 Å². The molecule has 1 aromatic carbocycles. The van der Waals surface area contributed by atoms with Crippen molar-refractivity contribution in [3.8, 4) is 0 Å². The van der Waals surface area contributed by atoms with Crippen molar-refractivity contribution in [1.29, 1.82) is 0 Å². The van der Waals surface area contributed by atoms with Gasteiger partial charge < -0.3 is 5.32 Å². The summed E-state index contributed by atoms with van der Waals surface area (Å²) in [5.74, 6) is 0. The molecule has 92 valence electrons. The summed E-state index contributed by atoms with van der Waals surface area (Å²) >= 11 is 7.54. The van der Waals surface area contributed by atoms with Crippen LogP contribution in [-0.2, 0) is 0 Å². The topological polar surface area (TPSA) is 24.4 Å². The number of rotatable bonds is 1. The molecule has 0 aromatic heterocycles. The van der Waals surface area contributed by atoms with Crippen molar-refractivity contribution in [2.75, 3.05) is 0 Å². The van der Waals surface area contributed by atoms with E-state index in [1.54, 1.807) is 0 Å². The molecule has 0 fully saturated rings. The molecule has 0 bridgehead atoms. The van der Waals surface area contributed by atoms with Gasteiger partial charge in [-0.1, -0.05) is 49.6 Å². The zero-order valence-corrected chi connectivity index (χ0v) is 13.0. The van der Waals surface area contributed by atoms with Gasteiger partial charge in [0.2, 0.25) is 0 Å². The number of hydrogen-bond acceptors (Lipinski definition) is 2. The van der Waals surface area contributed by atoms with E-state index >= 15 is 0 Å². The number of benzene rings is 1. The summed E-state index contributed by atoms with van der Waals surface area (Å²) in [6.45, 7) is 2.09. The number of dihydropyridines is 1. The second kappa shape index (κ2) is 4.07. The van der Waals surface area contributed by atoms with Crippen molar-refractivity contribution < 1.29 is 0 Å². The summed E-state index contributed by atoms with van der Waals surface area (Å²) in [5, 5.41) is 5.24. The van der Waals surface area contributed by atoms with E-state index in [0.717, 1.165) is 5.36 Å². The van der Waals surface area contributed by atoms with Crippen LogP contribution in [0, 0.1) is 6.92 Å². The maximum atomic E-state index is 4.80. The van der Waals surface area contributed by atoms with Gasteiger partial charge in [0.25, 0.3) is 0 Å². The normalized spacial score (nSPS) is 27.1. The van der Waals surface area contributed by atoms with Gasteiger partial charge in [0.15, 0.2) is 4.45 Å². The lowest BCUT2D eigenvalue weighted by molar-refractivity contribution is 0.720. The van der Waals surface area contributed by atoms with Crippen molar-refractivity contribution in [1.82, 2.24) is 5.32 Å². The first-order chi connectivity index (χ1) is 8.52. The zero-order valence-electron chi connectivity index (χ0n) is 9.82. The molecule has 1 aromatic rings. The molecule has 18 heavy (non-hydrogen) atoms. The zero-order chi connectivity index (χ0) is 12.8. The van der Waals surface area contributed by atoms with Crippen molar-refractivity contribution >= 4 is 37.9 Å². The Labute approximate surface area is 122 Å². The Morgan fingerprint density at radius 3 is 2.61 bits per heavy atom. The minimum absolute atomic E-state index is 0.349. The summed E-state index contributed by atoms with van der Waals surface area (Å²) in [6, 6.07) is 6.31. The molecule has 4 heteroatoms. The minimum Gasteiger partial charge on any atom is -0.368 e. The second-order valence-electron chi connectivity index (χ2n) is 4.59. The molecule has 2 aliphatic heterocycles. The van der Waals surface area contributed by atoms with Gasteiger partial charge in [-0.3, -0.25) is 4.99 Å². The van der Waals surface area contributed by atoms with Crippen LogP contribution in [0.1, 0.15) is 5.56 Å². The predicted molar refractivity (Wildman–Crippen MR) is 81.2 cm³/mol. The molecular weight excluding hydrogens is 356 g/mol. The number of nitrogens with zero attached hydrogens (tertiary/aromatic N) is 1. The third-order valence-electron chi connectivity index (χ3n) is 3.19. The third kappa shape index (κ3) is 1.79. The highest BCUT2D eigenvalue weighted by Gasteiger charge is 2.45. The highest BCUT2D eigenvalue weighted by Crippen LogP contribution is 2.44. The maximum Gasteiger partial charge on any atom is 0.157 e. The molecule has 2 aliphatic rings. The van der Waals surface area contributed by atoms with Crippen LogP contribution in [-0.4, -0.2) is 8.77 Å². The molecule has 1 atom stereocenters. The molecular formula is C14H12Br2N2. The number of aryl methyl sites for hydroxylation is 1. The van der Waals surface area contributed by atoms with E-state index < -0.39 is 4.45 Å². The van der Waals surface area contributed by atoms with E-state index in [0.29, 0.717) is 0 Å². The Kier molecular flexibility index (Phi) is 2.75. The van der Waals surface area contributed by atoms with E-state index in [2.05, 4.69) is 80.5 Å². The number of alkyl halides is 2. The Hall–Kier alpha value is -0.870. The molecule has 0 radical (unpaired) electrons. The van der Waals surface area contributed by atoms with Gasteiger partial charge in [0.05, 0.1) is 5.36 Å². The summed E-state index contributed by atoms with van der Waals surface area (Å²) in [6.07, 6.45) is 10.1. The van der Waals surface area contributed by atoms with Crippen LogP contribution in [0.3, 0.4) is 0 Å². The largest absolute Gasteiger partial charge is 0.368 e. The van der Waals surface area contributed by atoms with E-state index in [-0.39, 0.29) is 4.32 Å². The average Bonchev–Trinajstić information content (AvgIpc) is 2.67. The Bertz CT molecular complexity index is 664. The summed E-state index contributed by atoms with van der Waals surface area (Å²) in [7, 11) is 0. The lowest BCUT2D eigenvalue weighted by Crippen LogP contribution is -2.39. The molecule has 1 unspecified atom stereocenters. The van der Waals surface area contributed by atoms with Crippen LogP contribution < -0.4 is 15.9 Å². The molecule has 0 amide bonds. The number of halogens is 2. The monoisotopic (exact) mass is 366 g/mol. The van der Waals surface area contributed by atoms with Crippen molar-refractivity contribution in [2.24, 2.45) is 4.99 Å². The van der Waals surface area contributed by atoms with Crippen LogP contribution in [0.2, 0.25) is 0 Å². The van der Waals surface area contributed by atoms with Gasteiger partial charge in [-0.15, -0.1) is 0 Å². The van der Waals surface area contributed by atoms with Gasteiger partial charge in [-0.2, -0.15) is 0 Å². The number of nitrogens with one attached hydrogen (secondary N) is 1. The standard InChI is InChI=1S/C14H12Br2N2/c1-10-2-3-12-11(8-10)9-14(16,18-12)13(15)4-6-17-7-5-13/h2-9,17H,1H3. The smallest absolute Gasteiger partial charge is 0.157 e. The fourth-order valence-corrected chi connectivity index (χ4v) is 3.35. The molecule has 2 nitrogen and oxygen atoms in total. The van der Waals surface area contributed by atoms with Gasteiger partial charge in [-0.05, 0) is 48.8 Å². The number of fused-ring (bicyclic) bond motifs is 1. The van der Waals surface area contributed by atoms with Crippen LogP contribution in [0.15, 0.2) is 47.7 Å². The van der Waals surface area contributed by atoms with E-state index in [9.17, 15) is 0 Å². The molecule has 1 N–H and O–H groups in total. The van der Waals surface area contributed by atoms with Gasteiger partial charge >= 0.3 is 0 Å². The summed E-state index contributed by atoms with van der Waals surface area (Å²) < 4.78 is -0.830.